The van der Waals surface area contributed by atoms with Crippen LogP contribution in [0.15, 0.2) is 59.6 Å². The van der Waals surface area contributed by atoms with Gasteiger partial charge in [-0.1, -0.05) is 0 Å². The van der Waals surface area contributed by atoms with Gasteiger partial charge in [-0.3, -0.25) is 10.1 Å². The van der Waals surface area contributed by atoms with Crippen LogP contribution in [0.2, 0.25) is 0 Å². The van der Waals surface area contributed by atoms with Crippen LogP contribution < -0.4 is 5.32 Å². The lowest BCUT2D eigenvalue weighted by Crippen LogP contribution is -2.46. The number of hydrogen-bond acceptors (Lipinski definition) is 4. The molecular formula is C22H19F2N5O. The number of nitrogens with zero attached hydrogens (tertiary/aromatic N) is 4. The van der Waals surface area contributed by atoms with Crippen molar-refractivity contribution in [2.75, 3.05) is 6.54 Å². The molecule has 1 aromatic heterocycles. The minimum absolute atomic E-state index is 0.166. The lowest BCUT2D eigenvalue weighted by Gasteiger charge is -2.25. The van der Waals surface area contributed by atoms with Crippen molar-refractivity contribution in [3.8, 4) is 11.3 Å². The van der Waals surface area contributed by atoms with Crippen LogP contribution in [-0.2, 0) is 6.54 Å². The van der Waals surface area contributed by atoms with E-state index < -0.39 is 5.82 Å². The van der Waals surface area contributed by atoms with Gasteiger partial charge in [0.1, 0.15) is 11.6 Å². The standard InChI is InChI=1S/C22H19F2N5O/c23-16-7-3-14(4-8-16)19-12-20-25-22(26-21(30)15-5-9-17(24)10-6-15)28-11-1-2-18(28)13-29(20)27-19/h3-10,12,18H,1-2,11,13H2,(H,25,26,30). The maximum Gasteiger partial charge on any atom is 0.257 e. The molecule has 152 valence electrons. The van der Waals surface area contributed by atoms with Crippen LogP contribution in [0.3, 0.4) is 0 Å². The van der Waals surface area contributed by atoms with E-state index in [0.717, 1.165) is 24.9 Å². The molecule has 3 heterocycles. The predicted molar refractivity (Wildman–Crippen MR) is 108 cm³/mol. The van der Waals surface area contributed by atoms with Gasteiger partial charge < -0.3 is 4.90 Å². The summed E-state index contributed by atoms with van der Waals surface area (Å²) < 4.78 is 28.3. The number of amides is 1. The van der Waals surface area contributed by atoms with E-state index in [1.54, 1.807) is 12.1 Å². The van der Waals surface area contributed by atoms with Gasteiger partial charge in [-0.2, -0.15) is 10.1 Å². The molecule has 0 radical (unpaired) electrons. The number of hydrogen-bond donors (Lipinski definition) is 1. The molecular weight excluding hydrogens is 388 g/mol. The summed E-state index contributed by atoms with van der Waals surface area (Å²) >= 11 is 0. The third-order valence-corrected chi connectivity index (χ3v) is 5.48. The number of benzene rings is 2. The first kappa shape index (κ1) is 18.5. The summed E-state index contributed by atoms with van der Waals surface area (Å²) in [5.74, 6) is 0.0560. The SMILES string of the molecule is O=C(NC1=Nc2cc(-c3ccc(F)cc3)nn2CC2CCCN12)c1ccc(F)cc1. The first-order valence-electron chi connectivity index (χ1n) is 9.83. The number of carbonyl (C=O) groups excluding carboxylic acids is 1. The second kappa shape index (κ2) is 7.37. The Bertz CT molecular complexity index is 1120. The average Bonchev–Trinajstić information content (AvgIpc) is 3.33. The topological polar surface area (TPSA) is 62.5 Å². The monoisotopic (exact) mass is 407 g/mol. The van der Waals surface area contributed by atoms with Crippen molar-refractivity contribution in [2.24, 2.45) is 4.99 Å². The van der Waals surface area contributed by atoms with Gasteiger partial charge in [0, 0.05) is 23.7 Å². The summed E-state index contributed by atoms with van der Waals surface area (Å²) in [6.45, 7) is 1.44. The predicted octanol–water partition coefficient (Wildman–Crippen LogP) is 3.72. The molecule has 5 rings (SSSR count). The van der Waals surface area contributed by atoms with E-state index >= 15 is 0 Å². The molecule has 1 atom stereocenters. The zero-order valence-corrected chi connectivity index (χ0v) is 16.1. The number of aliphatic imine (C=N–C) groups is 1. The van der Waals surface area contributed by atoms with Crippen molar-refractivity contribution < 1.29 is 13.6 Å². The molecule has 1 N–H and O–H groups in total. The van der Waals surface area contributed by atoms with Gasteiger partial charge in [0.15, 0.2) is 5.82 Å². The van der Waals surface area contributed by atoms with E-state index in [4.69, 9.17) is 4.99 Å². The summed E-state index contributed by atoms with van der Waals surface area (Å²) in [4.78, 5) is 19.5. The molecule has 0 spiro atoms. The Balaban J connectivity index is 1.48. The van der Waals surface area contributed by atoms with E-state index in [-0.39, 0.29) is 17.8 Å². The number of rotatable bonds is 2. The fourth-order valence-electron chi connectivity index (χ4n) is 3.94. The lowest BCUT2D eigenvalue weighted by atomic mass is 10.1. The van der Waals surface area contributed by atoms with Crippen LogP contribution in [-0.4, -0.2) is 39.1 Å². The van der Waals surface area contributed by atoms with Crippen molar-refractivity contribution in [3.63, 3.8) is 0 Å². The Morgan fingerprint density at radius 2 is 1.73 bits per heavy atom. The molecule has 1 fully saturated rings. The van der Waals surface area contributed by atoms with Crippen LogP contribution >= 0.6 is 0 Å². The molecule has 1 amide bonds. The number of halogens is 2. The van der Waals surface area contributed by atoms with Gasteiger partial charge in [-0.05, 0) is 61.4 Å². The van der Waals surface area contributed by atoms with E-state index in [1.165, 1.54) is 36.4 Å². The Hall–Kier alpha value is -3.55. The van der Waals surface area contributed by atoms with Crippen molar-refractivity contribution in [3.05, 3.63) is 71.8 Å². The molecule has 30 heavy (non-hydrogen) atoms. The van der Waals surface area contributed by atoms with Crippen molar-refractivity contribution in [1.29, 1.82) is 0 Å². The summed E-state index contributed by atoms with van der Waals surface area (Å²) in [6, 6.07) is 13.6. The van der Waals surface area contributed by atoms with Gasteiger partial charge in [-0.25, -0.2) is 13.5 Å². The summed E-state index contributed by atoms with van der Waals surface area (Å²) in [5.41, 5.74) is 1.86. The third kappa shape index (κ3) is 3.45. The number of aromatic nitrogens is 2. The Kier molecular flexibility index (Phi) is 4.54. The lowest BCUT2D eigenvalue weighted by molar-refractivity contribution is 0.0971. The van der Waals surface area contributed by atoms with Crippen LogP contribution in [0.1, 0.15) is 23.2 Å². The largest absolute Gasteiger partial charge is 0.337 e. The van der Waals surface area contributed by atoms with Crippen LogP contribution in [0.5, 0.6) is 0 Å². The molecule has 0 bridgehead atoms. The average molecular weight is 407 g/mol. The third-order valence-electron chi connectivity index (χ3n) is 5.48. The number of nitrogens with one attached hydrogen (secondary N) is 1. The molecule has 0 aliphatic carbocycles. The highest BCUT2D eigenvalue weighted by Crippen LogP contribution is 2.30. The maximum atomic E-state index is 13.3. The smallest absolute Gasteiger partial charge is 0.257 e. The number of carbonyl (C=O) groups is 1. The van der Waals surface area contributed by atoms with Gasteiger partial charge in [-0.15, -0.1) is 0 Å². The Morgan fingerprint density at radius 1 is 1.03 bits per heavy atom. The molecule has 2 aliphatic rings. The number of fused-ring (bicyclic) bond motifs is 2. The molecule has 1 unspecified atom stereocenters. The second-order valence-electron chi connectivity index (χ2n) is 7.46. The molecule has 2 aromatic carbocycles. The number of guanidine groups is 1. The van der Waals surface area contributed by atoms with Crippen LogP contribution in [0.25, 0.3) is 11.3 Å². The normalized spacial score (nSPS) is 17.7. The van der Waals surface area contributed by atoms with Crippen LogP contribution in [0, 0.1) is 11.6 Å². The highest BCUT2D eigenvalue weighted by molar-refractivity contribution is 6.06. The first-order valence-corrected chi connectivity index (χ1v) is 9.83. The zero-order valence-electron chi connectivity index (χ0n) is 16.1. The van der Waals surface area contributed by atoms with E-state index in [0.29, 0.717) is 29.6 Å². The zero-order chi connectivity index (χ0) is 20.7. The summed E-state index contributed by atoms with van der Waals surface area (Å²) in [6.07, 6.45) is 1.97. The summed E-state index contributed by atoms with van der Waals surface area (Å²) in [5, 5.41) is 7.55. The highest BCUT2D eigenvalue weighted by atomic mass is 19.1. The van der Waals surface area contributed by atoms with Gasteiger partial charge >= 0.3 is 0 Å². The van der Waals surface area contributed by atoms with Gasteiger partial charge in [0.2, 0.25) is 5.96 Å². The maximum absolute atomic E-state index is 13.3. The second-order valence-corrected chi connectivity index (χ2v) is 7.46. The molecule has 0 saturated carbocycles. The molecule has 1 saturated heterocycles. The Labute approximate surface area is 171 Å². The van der Waals surface area contributed by atoms with E-state index in [1.807, 2.05) is 10.7 Å². The Morgan fingerprint density at radius 3 is 2.47 bits per heavy atom. The van der Waals surface area contributed by atoms with Gasteiger partial charge in [0.05, 0.1) is 18.3 Å². The molecule has 8 heteroatoms. The quantitative estimate of drug-likeness (QED) is 0.704. The van der Waals surface area contributed by atoms with E-state index in [2.05, 4.69) is 15.3 Å². The molecule has 6 nitrogen and oxygen atoms in total. The molecule has 3 aromatic rings. The highest BCUT2D eigenvalue weighted by Gasteiger charge is 2.32. The van der Waals surface area contributed by atoms with Crippen molar-refractivity contribution in [1.82, 2.24) is 20.0 Å². The fourth-order valence-corrected chi connectivity index (χ4v) is 3.94. The first-order chi connectivity index (χ1) is 14.6. The van der Waals surface area contributed by atoms with Crippen molar-refractivity contribution >= 4 is 17.7 Å². The van der Waals surface area contributed by atoms with E-state index in [9.17, 15) is 13.6 Å². The minimum Gasteiger partial charge on any atom is -0.337 e. The van der Waals surface area contributed by atoms with Crippen molar-refractivity contribution in [2.45, 2.75) is 25.4 Å². The summed E-state index contributed by atoms with van der Waals surface area (Å²) in [7, 11) is 0. The van der Waals surface area contributed by atoms with Crippen LogP contribution in [0.4, 0.5) is 14.6 Å². The fraction of sp³-hybridized carbons (Fsp3) is 0.227. The van der Waals surface area contributed by atoms with Gasteiger partial charge in [0.25, 0.3) is 5.91 Å². The molecule has 2 aliphatic heterocycles. The minimum atomic E-state index is -0.393.